The molecule has 0 aliphatic heterocycles. The highest BCUT2D eigenvalue weighted by molar-refractivity contribution is 7.91. The minimum Gasteiger partial charge on any atom is -0.211 e. The quantitative estimate of drug-likeness (QED) is 0.528. The third kappa shape index (κ3) is 3.99. The SMILES string of the molecule is CCCCCC(C#N)(CC)S(=O)(=O)NCC#N. The van der Waals surface area contributed by atoms with E-state index in [2.05, 4.69) is 4.72 Å². The Balaban J connectivity index is 4.94. The van der Waals surface area contributed by atoms with Gasteiger partial charge in [0.25, 0.3) is 0 Å². The molecule has 0 aromatic heterocycles. The van der Waals surface area contributed by atoms with Crippen LogP contribution in [0.25, 0.3) is 0 Å². The van der Waals surface area contributed by atoms with Crippen molar-refractivity contribution in [3.8, 4) is 12.1 Å². The minimum atomic E-state index is -3.76. The van der Waals surface area contributed by atoms with Crippen LogP contribution < -0.4 is 4.72 Å². The molecule has 5 nitrogen and oxygen atoms in total. The molecule has 96 valence electrons. The molecular formula is C11H19N3O2S. The second-order valence-corrected chi connectivity index (χ2v) is 5.98. The molecule has 0 radical (unpaired) electrons. The first kappa shape index (κ1) is 15.9. The molecule has 0 aromatic rings. The second kappa shape index (κ2) is 7.26. The highest BCUT2D eigenvalue weighted by Crippen LogP contribution is 2.27. The summed E-state index contributed by atoms with van der Waals surface area (Å²) < 4.78 is 24.7. The van der Waals surface area contributed by atoms with Gasteiger partial charge >= 0.3 is 0 Å². The minimum absolute atomic E-state index is 0.230. The number of hydrogen-bond acceptors (Lipinski definition) is 4. The molecule has 0 bridgehead atoms. The number of nitriles is 2. The monoisotopic (exact) mass is 257 g/mol. The molecule has 0 saturated carbocycles. The summed E-state index contributed by atoms with van der Waals surface area (Å²) in [7, 11) is -3.76. The van der Waals surface area contributed by atoms with Crippen LogP contribution >= 0.6 is 0 Å². The molecule has 0 aliphatic carbocycles. The van der Waals surface area contributed by atoms with Gasteiger partial charge in [-0.2, -0.15) is 15.2 Å². The molecule has 0 amide bonds. The topological polar surface area (TPSA) is 93.8 Å². The van der Waals surface area contributed by atoms with Gasteiger partial charge in [-0.3, -0.25) is 0 Å². The molecule has 0 heterocycles. The normalized spacial score (nSPS) is 14.6. The molecule has 6 heteroatoms. The maximum atomic E-state index is 12.0. The maximum Gasteiger partial charge on any atom is 0.231 e. The number of hydrogen-bond donors (Lipinski definition) is 1. The number of nitrogens with one attached hydrogen (secondary N) is 1. The van der Waals surface area contributed by atoms with Gasteiger partial charge in [0.05, 0.1) is 18.7 Å². The smallest absolute Gasteiger partial charge is 0.211 e. The lowest BCUT2D eigenvalue weighted by atomic mass is 9.99. The molecule has 0 saturated heterocycles. The molecule has 0 aromatic carbocycles. The molecule has 1 N–H and O–H groups in total. The summed E-state index contributed by atoms with van der Waals surface area (Å²) in [6.45, 7) is 3.41. The molecule has 17 heavy (non-hydrogen) atoms. The Morgan fingerprint density at radius 1 is 1.24 bits per heavy atom. The van der Waals surface area contributed by atoms with Crippen molar-refractivity contribution in [2.75, 3.05) is 6.54 Å². The van der Waals surface area contributed by atoms with Gasteiger partial charge in [-0.15, -0.1) is 0 Å². The van der Waals surface area contributed by atoms with Crippen LogP contribution in [-0.4, -0.2) is 19.7 Å². The molecule has 1 unspecified atom stereocenters. The lowest BCUT2D eigenvalue weighted by molar-refractivity contribution is 0.501. The average Bonchev–Trinajstić information content (AvgIpc) is 2.32. The number of rotatable bonds is 8. The molecule has 0 spiro atoms. The summed E-state index contributed by atoms with van der Waals surface area (Å²) in [6.07, 6.45) is 3.11. The first-order chi connectivity index (χ1) is 7.99. The number of nitrogens with zero attached hydrogens (tertiary/aromatic N) is 2. The zero-order chi connectivity index (χ0) is 13.4. The molecule has 0 rings (SSSR count). The second-order valence-electron chi connectivity index (χ2n) is 3.90. The Morgan fingerprint density at radius 2 is 1.88 bits per heavy atom. The summed E-state index contributed by atoms with van der Waals surface area (Å²) in [5.74, 6) is 0. The van der Waals surface area contributed by atoms with Crippen LogP contribution in [0.15, 0.2) is 0 Å². The van der Waals surface area contributed by atoms with Crippen molar-refractivity contribution in [3.63, 3.8) is 0 Å². The van der Waals surface area contributed by atoms with E-state index in [9.17, 15) is 8.42 Å². The van der Waals surface area contributed by atoms with Crippen molar-refractivity contribution >= 4 is 10.0 Å². The van der Waals surface area contributed by atoms with E-state index in [1.54, 1.807) is 13.0 Å². The standard InChI is InChI=1S/C11H19N3O2S/c1-3-5-6-7-11(4-2,10-13)17(15,16)14-9-8-12/h14H,3-7,9H2,1-2H3. The van der Waals surface area contributed by atoms with Crippen LogP contribution in [-0.2, 0) is 10.0 Å². The lowest BCUT2D eigenvalue weighted by Crippen LogP contribution is -2.45. The fraction of sp³-hybridized carbons (Fsp3) is 0.818. The Bertz CT molecular complexity index is 405. The third-order valence-electron chi connectivity index (χ3n) is 2.81. The van der Waals surface area contributed by atoms with Gasteiger partial charge < -0.3 is 0 Å². The predicted octanol–water partition coefficient (Wildman–Crippen LogP) is 1.68. The van der Waals surface area contributed by atoms with E-state index in [-0.39, 0.29) is 13.0 Å². The van der Waals surface area contributed by atoms with Crippen LogP contribution in [0.5, 0.6) is 0 Å². The summed E-state index contributed by atoms with van der Waals surface area (Å²) >= 11 is 0. The van der Waals surface area contributed by atoms with Gasteiger partial charge in [0, 0.05) is 0 Å². The van der Waals surface area contributed by atoms with Gasteiger partial charge in [0.2, 0.25) is 10.0 Å². The highest BCUT2D eigenvalue weighted by atomic mass is 32.2. The number of unbranched alkanes of at least 4 members (excludes halogenated alkanes) is 2. The van der Waals surface area contributed by atoms with Crippen LogP contribution in [0.3, 0.4) is 0 Å². The summed E-state index contributed by atoms with van der Waals surface area (Å²) in [5, 5.41) is 17.6. The van der Waals surface area contributed by atoms with Crippen molar-refractivity contribution in [2.24, 2.45) is 0 Å². The van der Waals surface area contributed by atoms with E-state index in [1.807, 2.05) is 13.0 Å². The average molecular weight is 257 g/mol. The van der Waals surface area contributed by atoms with Crippen LogP contribution in [0.4, 0.5) is 0 Å². The first-order valence-electron chi connectivity index (χ1n) is 5.77. The van der Waals surface area contributed by atoms with Crippen molar-refractivity contribution < 1.29 is 8.42 Å². The van der Waals surface area contributed by atoms with Gasteiger partial charge in [0.1, 0.15) is 0 Å². The van der Waals surface area contributed by atoms with E-state index >= 15 is 0 Å². The largest absolute Gasteiger partial charge is 0.231 e. The summed E-state index contributed by atoms with van der Waals surface area (Å²) in [4.78, 5) is 0. The Kier molecular flexibility index (Phi) is 6.79. The fourth-order valence-corrected chi connectivity index (χ4v) is 3.07. The molecular weight excluding hydrogens is 238 g/mol. The van der Waals surface area contributed by atoms with E-state index in [1.165, 1.54) is 0 Å². The Morgan fingerprint density at radius 3 is 2.29 bits per heavy atom. The molecule has 1 atom stereocenters. The van der Waals surface area contributed by atoms with E-state index in [0.717, 1.165) is 12.8 Å². The summed E-state index contributed by atoms with van der Waals surface area (Å²) in [5.41, 5.74) is 0. The van der Waals surface area contributed by atoms with Gasteiger partial charge in [-0.05, 0) is 12.8 Å². The maximum absolute atomic E-state index is 12.0. The number of sulfonamides is 1. The highest BCUT2D eigenvalue weighted by Gasteiger charge is 2.41. The zero-order valence-electron chi connectivity index (χ0n) is 10.4. The van der Waals surface area contributed by atoms with E-state index in [4.69, 9.17) is 10.5 Å². The zero-order valence-corrected chi connectivity index (χ0v) is 11.2. The van der Waals surface area contributed by atoms with Crippen molar-refractivity contribution in [1.29, 1.82) is 10.5 Å². The predicted molar refractivity (Wildman–Crippen MR) is 65.3 cm³/mol. The van der Waals surface area contributed by atoms with E-state index < -0.39 is 14.8 Å². The Hall–Kier alpha value is -1.11. The molecule has 0 aliphatic rings. The summed E-state index contributed by atoms with van der Waals surface area (Å²) in [6, 6.07) is 3.63. The lowest BCUT2D eigenvalue weighted by Gasteiger charge is -2.24. The Labute approximate surface area is 103 Å². The van der Waals surface area contributed by atoms with Crippen LogP contribution in [0.2, 0.25) is 0 Å². The van der Waals surface area contributed by atoms with Crippen LogP contribution in [0.1, 0.15) is 46.0 Å². The third-order valence-corrected chi connectivity index (χ3v) is 4.95. The van der Waals surface area contributed by atoms with Crippen molar-refractivity contribution in [3.05, 3.63) is 0 Å². The molecule has 0 fully saturated rings. The van der Waals surface area contributed by atoms with Crippen molar-refractivity contribution in [1.82, 2.24) is 4.72 Å². The van der Waals surface area contributed by atoms with Gasteiger partial charge in [-0.1, -0.05) is 33.1 Å². The van der Waals surface area contributed by atoms with Gasteiger partial charge in [-0.25, -0.2) is 8.42 Å². The fourth-order valence-electron chi connectivity index (χ4n) is 1.62. The van der Waals surface area contributed by atoms with Crippen LogP contribution in [0, 0.1) is 22.7 Å². The first-order valence-corrected chi connectivity index (χ1v) is 7.25. The van der Waals surface area contributed by atoms with Gasteiger partial charge in [0.15, 0.2) is 4.75 Å². The van der Waals surface area contributed by atoms with Crippen molar-refractivity contribution in [2.45, 2.75) is 50.7 Å². The van der Waals surface area contributed by atoms with E-state index in [0.29, 0.717) is 12.8 Å².